The summed E-state index contributed by atoms with van der Waals surface area (Å²) in [5, 5.41) is 0. The van der Waals surface area contributed by atoms with Gasteiger partial charge >= 0.3 is 6.09 Å². The number of hydrogen-bond acceptors (Lipinski definition) is 5. The van der Waals surface area contributed by atoms with Crippen molar-refractivity contribution in [1.29, 1.82) is 0 Å². The molecule has 2 aromatic carbocycles. The molecular formula is C22H26BrNO5S. The molecule has 0 N–H and O–H groups in total. The normalized spacial score (nSPS) is 20.6. The summed E-state index contributed by atoms with van der Waals surface area (Å²) in [4.78, 5) is 14.8. The van der Waals surface area contributed by atoms with Gasteiger partial charge in [0.15, 0.2) is 0 Å². The number of hydrogen-bond donors (Lipinski definition) is 0. The number of ether oxygens (including phenoxy) is 1. The third-order valence-corrected chi connectivity index (χ3v) is 6.54. The topological polar surface area (TPSA) is 72.9 Å². The van der Waals surface area contributed by atoms with Crippen LogP contribution in [0.2, 0.25) is 0 Å². The zero-order valence-corrected chi connectivity index (χ0v) is 19.5. The molecule has 0 saturated carbocycles. The molecule has 0 bridgehead atoms. The highest BCUT2D eigenvalue weighted by Gasteiger charge is 2.43. The molecule has 1 aliphatic heterocycles. The first-order valence-electron chi connectivity index (χ1n) is 9.85. The van der Waals surface area contributed by atoms with Crippen LogP contribution >= 0.6 is 15.9 Å². The van der Waals surface area contributed by atoms with E-state index in [1.54, 1.807) is 4.90 Å². The third-order valence-electron chi connectivity index (χ3n) is 5.42. The number of cyclic esters (lactones) is 1. The lowest BCUT2D eigenvalue weighted by Gasteiger charge is -2.43. The van der Waals surface area contributed by atoms with E-state index >= 15 is 0 Å². The van der Waals surface area contributed by atoms with Gasteiger partial charge in [0.05, 0.1) is 18.9 Å². The molecule has 0 aliphatic carbocycles. The second-order valence-electron chi connectivity index (χ2n) is 7.53. The Kier molecular flexibility index (Phi) is 7.21. The fourth-order valence-corrected chi connectivity index (χ4v) is 4.46. The van der Waals surface area contributed by atoms with Crippen molar-refractivity contribution < 1.29 is 22.1 Å². The molecule has 2 aromatic rings. The molecule has 8 heteroatoms. The monoisotopic (exact) mass is 495 g/mol. The summed E-state index contributed by atoms with van der Waals surface area (Å²) in [6.07, 6.45) is 2.21. The molecule has 0 radical (unpaired) electrons. The second-order valence-corrected chi connectivity index (χ2v) is 10.1. The molecular weight excluding hydrogens is 470 g/mol. The van der Waals surface area contributed by atoms with Crippen molar-refractivity contribution in [2.45, 2.75) is 37.8 Å². The molecule has 1 fully saturated rings. The Morgan fingerprint density at radius 2 is 1.83 bits per heavy atom. The summed E-state index contributed by atoms with van der Waals surface area (Å²) in [6.45, 7) is 2.59. The van der Waals surface area contributed by atoms with E-state index in [1.807, 2.05) is 61.5 Å². The van der Waals surface area contributed by atoms with Crippen LogP contribution in [-0.2, 0) is 24.6 Å². The zero-order valence-electron chi connectivity index (χ0n) is 17.1. The molecule has 1 aliphatic rings. The second kappa shape index (κ2) is 9.49. The Morgan fingerprint density at radius 3 is 2.43 bits per heavy atom. The molecule has 0 spiro atoms. The number of nitrogens with zero attached hydrogens (tertiary/aromatic N) is 1. The highest BCUT2D eigenvalue weighted by atomic mass is 79.9. The first-order valence-corrected chi connectivity index (χ1v) is 12.5. The quantitative estimate of drug-likeness (QED) is 0.380. The van der Waals surface area contributed by atoms with E-state index in [9.17, 15) is 13.2 Å². The van der Waals surface area contributed by atoms with Gasteiger partial charge in [-0.05, 0) is 43.0 Å². The molecule has 2 atom stereocenters. The van der Waals surface area contributed by atoms with Crippen molar-refractivity contribution in [3.63, 3.8) is 0 Å². The Morgan fingerprint density at radius 1 is 1.17 bits per heavy atom. The first kappa shape index (κ1) is 22.8. The van der Waals surface area contributed by atoms with E-state index < -0.39 is 15.7 Å². The largest absolute Gasteiger partial charge is 0.438 e. The van der Waals surface area contributed by atoms with Gasteiger partial charge in [-0.2, -0.15) is 8.42 Å². The summed E-state index contributed by atoms with van der Waals surface area (Å²) in [7, 11) is -3.50. The van der Waals surface area contributed by atoms with Gasteiger partial charge in [-0.1, -0.05) is 58.4 Å². The Hall–Kier alpha value is -1.90. The van der Waals surface area contributed by atoms with Crippen molar-refractivity contribution in [3.05, 3.63) is 70.2 Å². The van der Waals surface area contributed by atoms with E-state index in [1.165, 1.54) is 0 Å². The van der Waals surface area contributed by atoms with Gasteiger partial charge in [0.2, 0.25) is 0 Å². The highest BCUT2D eigenvalue weighted by Crippen LogP contribution is 2.40. The summed E-state index contributed by atoms with van der Waals surface area (Å²) < 4.78 is 34.4. The van der Waals surface area contributed by atoms with Gasteiger partial charge in [-0.25, -0.2) is 4.79 Å². The van der Waals surface area contributed by atoms with Gasteiger partial charge in [-0.3, -0.25) is 4.18 Å². The lowest BCUT2D eigenvalue weighted by Crippen LogP contribution is -2.48. The fraction of sp³-hybridized carbons (Fsp3) is 0.409. The van der Waals surface area contributed by atoms with Crippen LogP contribution in [0.5, 0.6) is 0 Å². The van der Waals surface area contributed by atoms with E-state index in [-0.39, 0.29) is 18.7 Å². The van der Waals surface area contributed by atoms with Crippen molar-refractivity contribution in [2.24, 2.45) is 0 Å². The summed E-state index contributed by atoms with van der Waals surface area (Å²) in [6, 6.07) is 17.4. The van der Waals surface area contributed by atoms with Crippen LogP contribution in [-0.4, -0.2) is 38.8 Å². The maximum absolute atomic E-state index is 13.0. The molecule has 1 heterocycles. The molecule has 0 aromatic heterocycles. The summed E-state index contributed by atoms with van der Waals surface area (Å²) in [5.41, 5.74) is 1.15. The van der Waals surface area contributed by atoms with Gasteiger partial charge in [-0.15, -0.1) is 0 Å². The van der Waals surface area contributed by atoms with Gasteiger partial charge < -0.3 is 9.64 Å². The van der Waals surface area contributed by atoms with Crippen molar-refractivity contribution >= 4 is 32.1 Å². The minimum Gasteiger partial charge on any atom is -0.438 e. The Balaban J connectivity index is 1.75. The first-order chi connectivity index (χ1) is 14.2. The molecule has 30 heavy (non-hydrogen) atoms. The standard InChI is InChI=1S/C22H26BrNO5S/c1-17(18-9-11-20(23)12-10-18)24-15-14-22(29-21(24)25,19-7-4-3-5-8-19)13-6-16-28-30(2,26)27/h3-5,7-12,17H,6,13-16H2,1-2H3/t17?,22-/m1/s1. The number of carbonyl (C=O) groups excluding carboxylic acids is 1. The highest BCUT2D eigenvalue weighted by molar-refractivity contribution is 9.10. The number of benzene rings is 2. The smallest absolute Gasteiger partial charge is 0.411 e. The molecule has 1 amide bonds. The van der Waals surface area contributed by atoms with Crippen LogP contribution in [0.25, 0.3) is 0 Å². The van der Waals surface area contributed by atoms with Crippen LogP contribution in [0.4, 0.5) is 4.79 Å². The van der Waals surface area contributed by atoms with Gasteiger partial charge in [0.1, 0.15) is 5.60 Å². The number of halogens is 1. The van der Waals surface area contributed by atoms with Crippen molar-refractivity contribution in [2.75, 3.05) is 19.4 Å². The summed E-state index contributed by atoms with van der Waals surface area (Å²) in [5.74, 6) is 0. The van der Waals surface area contributed by atoms with Crippen LogP contribution in [0.3, 0.4) is 0 Å². The third kappa shape index (κ3) is 5.62. The lowest BCUT2D eigenvalue weighted by atomic mass is 9.84. The van der Waals surface area contributed by atoms with E-state index in [0.29, 0.717) is 25.8 Å². The van der Waals surface area contributed by atoms with Crippen molar-refractivity contribution in [1.82, 2.24) is 4.90 Å². The van der Waals surface area contributed by atoms with E-state index in [0.717, 1.165) is 21.9 Å². The Bertz CT molecular complexity index is 965. The van der Waals surface area contributed by atoms with Gasteiger partial charge in [0, 0.05) is 17.4 Å². The predicted octanol–water partition coefficient (Wildman–Crippen LogP) is 5.00. The minimum atomic E-state index is -3.50. The Labute approximate surface area is 186 Å². The minimum absolute atomic E-state index is 0.0595. The van der Waals surface area contributed by atoms with Crippen LogP contribution < -0.4 is 0 Å². The zero-order chi connectivity index (χ0) is 21.8. The maximum atomic E-state index is 13.0. The summed E-state index contributed by atoms with van der Waals surface area (Å²) >= 11 is 3.43. The fourth-order valence-electron chi connectivity index (χ4n) is 3.78. The maximum Gasteiger partial charge on any atom is 0.411 e. The number of rotatable bonds is 8. The molecule has 6 nitrogen and oxygen atoms in total. The lowest BCUT2D eigenvalue weighted by molar-refractivity contribution is -0.0676. The average molecular weight is 496 g/mol. The van der Waals surface area contributed by atoms with Crippen LogP contribution in [0.15, 0.2) is 59.1 Å². The van der Waals surface area contributed by atoms with Gasteiger partial charge in [0.25, 0.3) is 10.1 Å². The predicted molar refractivity (Wildman–Crippen MR) is 119 cm³/mol. The van der Waals surface area contributed by atoms with Crippen LogP contribution in [0, 0.1) is 0 Å². The average Bonchev–Trinajstić information content (AvgIpc) is 2.71. The molecule has 162 valence electrons. The van der Waals surface area contributed by atoms with E-state index in [4.69, 9.17) is 8.92 Å². The van der Waals surface area contributed by atoms with Crippen molar-refractivity contribution in [3.8, 4) is 0 Å². The SMILES string of the molecule is CC(c1ccc(Br)cc1)N1CC[C@](CCCOS(C)(=O)=O)(c2ccccc2)OC1=O. The van der Waals surface area contributed by atoms with E-state index in [2.05, 4.69) is 15.9 Å². The number of amides is 1. The molecule has 3 rings (SSSR count). The molecule has 1 saturated heterocycles. The number of carbonyl (C=O) groups is 1. The van der Waals surface area contributed by atoms with Crippen LogP contribution in [0.1, 0.15) is 43.4 Å². The molecule has 1 unspecified atom stereocenters.